The lowest BCUT2D eigenvalue weighted by Gasteiger charge is -2.12. The molecule has 158 valence electrons. The van der Waals surface area contributed by atoms with Gasteiger partial charge in [-0.05, 0) is 60.5 Å². The molecule has 0 aliphatic carbocycles. The zero-order valence-corrected chi connectivity index (χ0v) is 18.1. The number of amides is 2. The van der Waals surface area contributed by atoms with Crippen molar-refractivity contribution in [3.8, 4) is 0 Å². The first kappa shape index (κ1) is 21.1. The highest BCUT2D eigenvalue weighted by Crippen LogP contribution is 2.21. The van der Waals surface area contributed by atoms with Crippen LogP contribution in [0.25, 0.3) is 16.8 Å². The summed E-state index contributed by atoms with van der Waals surface area (Å²) in [5, 5.41) is 7.75. The summed E-state index contributed by atoms with van der Waals surface area (Å²) in [5.41, 5.74) is 4.33. The number of rotatable bonds is 5. The van der Waals surface area contributed by atoms with Crippen molar-refractivity contribution in [2.45, 2.75) is 13.8 Å². The largest absolute Gasteiger partial charge is 0.321 e. The Hall–Kier alpha value is -4.18. The van der Waals surface area contributed by atoms with Crippen molar-refractivity contribution in [2.24, 2.45) is 0 Å². The average Bonchev–Trinajstić information content (AvgIpc) is 2.80. The average molecular weight is 421 g/mol. The first-order valence-electron chi connectivity index (χ1n) is 10.4. The van der Waals surface area contributed by atoms with E-state index in [0.29, 0.717) is 11.3 Å². The summed E-state index contributed by atoms with van der Waals surface area (Å²) in [6.07, 6.45) is 1.72. The molecule has 0 fully saturated rings. The monoisotopic (exact) mass is 420 g/mol. The van der Waals surface area contributed by atoms with E-state index in [1.807, 2.05) is 92.7 Å². The van der Waals surface area contributed by atoms with Crippen LogP contribution in [0, 0.1) is 13.8 Å². The number of anilines is 1. The number of fused-ring (bicyclic) bond motifs is 1. The molecule has 4 heteroatoms. The van der Waals surface area contributed by atoms with Gasteiger partial charge >= 0.3 is 0 Å². The van der Waals surface area contributed by atoms with Gasteiger partial charge in [0.05, 0.1) is 0 Å². The fourth-order valence-corrected chi connectivity index (χ4v) is 3.42. The Labute approximate surface area is 187 Å². The second-order valence-corrected chi connectivity index (χ2v) is 7.77. The molecule has 32 heavy (non-hydrogen) atoms. The molecule has 0 spiro atoms. The minimum absolute atomic E-state index is 0.174. The highest BCUT2D eigenvalue weighted by molar-refractivity contribution is 6.11. The number of hydrogen-bond acceptors (Lipinski definition) is 2. The van der Waals surface area contributed by atoms with Crippen LogP contribution in [0.3, 0.4) is 0 Å². The summed E-state index contributed by atoms with van der Waals surface area (Å²) in [5.74, 6) is -0.724. The van der Waals surface area contributed by atoms with Gasteiger partial charge in [0.15, 0.2) is 0 Å². The van der Waals surface area contributed by atoms with Crippen molar-refractivity contribution in [3.63, 3.8) is 0 Å². The van der Waals surface area contributed by atoms with Gasteiger partial charge in [-0.15, -0.1) is 0 Å². The molecule has 0 saturated carbocycles. The molecule has 0 aliphatic rings. The normalized spacial score (nSPS) is 11.2. The first-order valence-corrected chi connectivity index (χ1v) is 10.4. The summed E-state index contributed by atoms with van der Waals surface area (Å²) >= 11 is 0. The van der Waals surface area contributed by atoms with Gasteiger partial charge in [0, 0.05) is 11.3 Å². The van der Waals surface area contributed by atoms with Gasteiger partial charge in [0.1, 0.15) is 5.70 Å². The van der Waals surface area contributed by atoms with Crippen LogP contribution in [0.5, 0.6) is 0 Å². The molecule has 4 rings (SSSR count). The zero-order chi connectivity index (χ0) is 22.5. The number of nitrogens with one attached hydrogen (secondary N) is 2. The van der Waals surface area contributed by atoms with Crippen molar-refractivity contribution >= 4 is 34.4 Å². The highest BCUT2D eigenvalue weighted by Gasteiger charge is 2.15. The molecule has 0 aromatic heterocycles. The Bertz CT molecular complexity index is 1300. The van der Waals surface area contributed by atoms with E-state index >= 15 is 0 Å². The molecule has 0 unspecified atom stereocenters. The van der Waals surface area contributed by atoms with Crippen LogP contribution in [0.2, 0.25) is 0 Å². The molecule has 0 saturated heterocycles. The minimum Gasteiger partial charge on any atom is -0.321 e. The highest BCUT2D eigenvalue weighted by atomic mass is 16.2. The zero-order valence-electron chi connectivity index (χ0n) is 18.1. The van der Waals surface area contributed by atoms with E-state index in [0.717, 1.165) is 27.5 Å². The summed E-state index contributed by atoms with van der Waals surface area (Å²) in [6.45, 7) is 3.95. The van der Waals surface area contributed by atoms with Gasteiger partial charge in [-0.1, -0.05) is 77.9 Å². The van der Waals surface area contributed by atoms with E-state index in [-0.39, 0.29) is 17.5 Å². The van der Waals surface area contributed by atoms with Gasteiger partial charge in [0.25, 0.3) is 11.8 Å². The molecule has 4 aromatic carbocycles. The third kappa shape index (κ3) is 4.93. The van der Waals surface area contributed by atoms with E-state index in [1.54, 1.807) is 18.2 Å². The van der Waals surface area contributed by atoms with Crippen molar-refractivity contribution in [1.29, 1.82) is 0 Å². The van der Waals surface area contributed by atoms with E-state index in [4.69, 9.17) is 0 Å². The van der Waals surface area contributed by atoms with Crippen LogP contribution in [0.1, 0.15) is 27.0 Å². The summed E-state index contributed by atoms with van der Waals surface area (Å²) < 4.78 is 0. The van der Waals surface area contributed by atoms with E-state index < -0.39 is 0 Å². The Morgan fingerprint density at radius 3 is 2.06 bits per heavy atom. The second kappa shape index (κ2) is 9.31. The predicted octanol–water partition coefficient (Wildman–Crippen LogP) is 5.87. The van der Waals surface area contributed by atoms with E-state index in [1.165, 1.54) is 0 Å². The smallest absolute Gasteiger partial charge is 0.272 e. The van der Waals surface area contributed by atoms with Gasteiger partial charge in [-0.25, -0.2) is 0 Å². The Balaban J connectivity index is 1.70. The summed E-state index contributed by atoms with van der Waals surface area (Å²) in [4.78, 5) is 26.1. The van der Waals surface area contributed by atoms with Crippen LogP contribution < -0.4 is 10.6 Å². The molecule has 0 atom stereocenters. The van der Waals surface area contributed by atoms with Crippen molar-refractivity contribution < 1.29 is 9.59 Å². The summed E-state index contributed by atoms with van der Waals surface area (Å²) in [7, 11) is 0. The molecule has 0 radical (unpaired) electrons. The molecule has 2 N–H and O–H groups in total. The lowest BCUT2D eigenvalue weighted by molar-refractivity contribution is -0.113. The van der Waals surface area contributed by atoms with Gasteiger partial charge in [-0.3, -0.25) is 9.59 Å². The Kier molecular flexibility index (Phi) is 6.13. The van der Waals surface area contributed by atoms with Gasteiger partial charge in [-0.2, -0.15) is 0 Å². The SMILES string of the molecule is Cc1ccc(NC(=O)C(=Cc2cccc3ccccc23)NC(=O)c2ccc(C)cc2)cc1. The molecule has 0 bridgehead atoms. The summed E-state index contributed by atoms with van der Waals surface area (Å²) in [6, 6.07) is 28.6. The fraction of sp³-hybridized carbons (Fsp3) is 0.0714. The topological polar surface area (TPSA) is 58.2 Å². The maximum Gasteiger partial charge on any atom is 0.272 e. The van der Waals surface area contributed by atoms with Crippen molar-refractivity contribution in [3.05, 3.63) is 119 Å². The number of carbonyl (C=O) groups excluding carboxylic acids is 2. The second-order valence-electron chi connectivity index (χ2n) is 7.77. The van der Waals surface area contributed by atoms with Crippen LogP contribution >= 0.6 is 0 Å². The molecule has 0 heterocycles. The maximum absolute atomic E-state index is 13.2. The minimum atomic E-state index is -0.387. The molecule has 0 aliphatic heterocycles. The van der Waals surface area contributed by atoms with Gasteiger partial charge < -0.3 is 10.6 Å². The van der Waals surface area contributed by atoms with Crippen LogP contribution in [0.15, 0.2) is 96.7 Å². The van der Waals surface area contributed by atoms with Crippen LogP contribution in [0.4, 0.5) is 5.69 Å². The molecule has 4 aromatic rings. The van der Waals surface area contributed by atoms with E-state index in [2.05, 4.69) is 10.6 Å². The molecule has 4 nitrogen and oxygen atoms in total. The standard InChI is InChI=1S/C28H24N2O2/c1-19-10-14-22(15-11-19)27(31)30-26(28(32)29-24-16-12-20(2)13-17-24)18-23-8-5-7-21-6-3-4-9-25(21)23/h3-18H,1-2H3,(H,29,32)(H,30,31). The van der Waals surface area contributed by atoms with Crippen molar-refractivity contribution in [1.82, 2.24) is 5.32 Å². The van der Waals surface area contributed by atoms with Gasteiger partial charge in [0.2, 0.25) is 0 Å². The Morgan fingerprint density at radius 2 is 1.34 bits per heavy atom. The molecule has 2 amide bonds. The molecular formula is C28H24N2O2. The van der Waals surface area contributed by atoms with E-state index in [9.17, 15) is 9.59 Å². The van der Waals surface area contributed by atoms with Crippen LogP contribution in [-0.2, 0) is 4.79 Å². The maximum atomic E-state index is 13.2. The lowest BCUT2D eigenvalue weighted by atomic mass is 10.0. The number of benzene rings is 4. The lowest BCUT2D eigenvalue weighted by Crippen LogP contribution is -2.30. The quantitative estimate of drug-likeness (QED) is 0.397. The predicted molar refractivity (Wildman–Crippen MR) is 130 cm³/mol. The fourth-order valence-electron chi connectivity index (χ4n) is 3.42. The number of aryl methyl sites for hydroxylation is 2. The van der Waals surface area contributed by atoms with Crippen LogP contribution in [-0.4, -0.2) is 11.8 Å². The first-order chi connectivity index (χ1) is 15.5. The number of hydrogen-bond donors (Lipinski definition) is 2. The third-order valence-corrected chi connectivity index (χ3v) is 5.24. The molecular weight excluding hydrogens is 396 g/mol. The van der Waals surface area contributed by atoms with Crippen molar-refractivity contribution in [2.75, 3.05) is 5.32 Å². The third-order valence-electron chi connectivity index (χ3n) is 5.24. The number of carbonyl (C=O) groups is 2. The Morgan fingerprint density at radius 1 is 0.719 bits per heavy atom.